The highest BCUT2D eigenvalue weighted by Gasteiger charge is 2.21. The highest BCUT2D eigenvalue weighted by molar-refractivity contribution is 5.96. The van der Waals surface area contributed by atoms with Gasteiger partial charge in [-0.2, -0.15) is 0 Å². The van der Waals surface area contributed by atoms with Crippen LogP contribution in [0.1, 0.15) is 44.0 Å². The Morgan fingerprint density at radius 2 is 1.85 bits per heavy atom. The lowest BCUT2D eigenvalue weighted by molar-refractivity contribution is -0.129. The Bertz CT molecular complexity index is 470. The van der Waals surface area contributed by atoms with Crippen molar-refractivity contribution in [1.82, 2.24) is 5.32 Å². The number of nitrogen functional groups attached to an aromatic ring is 1. The summed E-state index contributed by atoms with van der Waals surface area (Å²) in [6, 6.07) is 6.72. The number of carbonyl (C=O) groups excluding carboxylic acids is 2. The second-order valence-corrected chi connectivity index (χ2v) is 4.66. The van der Waals surface area contributed by atoms with Crippen LogP contribution in [0.5, 0.6) is 0 Å². The van der Waals surface area contributed by atoms with Crippen molar-refractivity contribution in [3.05, 3.63) is 29.8 Å². The van der Waals surface area contributed by atoms with E-state index >= 15 is 0 Å². The molecule has 0 spiro atoms. The molecule has 5 nitrogen and oxygen atoms in total. The summed E-state index contributed by atoms with van der Waals surface area (Å²) in [5, 5.41) is 2.84. The lowest BCUT2D eigenvalue weighted by Crippen LogP contribution is -2.41. The van der Waals surface area contributed by atoms with E-state index in [4.69, 9.17) is 10.5 Å². The van der Waals surface area contributed by atoms with E-state index in [-0.39, 0.29) is 17.5 Å². The Morgan fingerprint density at radius 3 is 2.40 bits per heavy atom. The van der Waals surface area contributed by atoms with E-state index in [2.05, 4.69) is 5.32 Å². The highest BCUT2D eigenvalue weighted by Crippen LogP contribution is 2.13. The molecule has 110 valence electrons. The van der Waals surface area contributed by atoms with Crippen molar-refractivity contribution in [1.29, 1.82) is 0 Å². The van der Waals surface area contributed by atoms with E-state index in [0.29, 0.717) is 5.69 Å². The van der Waals surface area contributed by atoms with Crippen LogP contribution in [0.15, 0.2) is 24.3 Å². The number of anilines is 1. The standard InChI is InChI=1S/C15H22N2O3/c1-4-11(5-2)17-14(18)10(3)20-15(19)12-8-6-7-9-13(12)16/h6-11H,4-5,16H2,1-3H3,(H,17,18). The first-order valence-corrected chi connectivity index (χ1v) is 6.85. The van der Waals surface area contributed by atoms with Gasteiger partial charge < -0.3 is 15.8 Å². The average molecular weight is 278 g/mol. The lowest BCUT2D eigenvalue weighted by atomic mass is 10.1. The largest absolute Gasteiger partial charge is 0.449 e. The van der Waals surface area contributed by atoms with Crippen LogP contribution in [-0.4, -0.2) is 24.0 Å². The molecule has 1 unspecified atom stereocenters. The number of rotatable bonds is 6. The van der Waals surface area contributed by atoms with Gasteiger partial charge in [0.2, 0.25) is 0 Å². The molecule has 0 aliphatic rings. The summed E-state index contributed by atoms with van der Waals surface area (Å²) in [5.41, 5.74) is 6.31. The third-order valence-electron chi connectivity index (χ3n) is 3.17. The SMILES string of the molecule is CCC(CC)NC(=O)C(C)OC(=O)c1ccccc1N. The van der Waals surface area contributed by atoms with E-state index in [1.165, 1.54) is 0 Å². The van der Waals surface area contributed by atoms with Gasteiger partial charge in [0.15, 0.2) is 6.10 Å². The second-order valence-electron chi connectivity index (χ2n) is 4.66. The van der Waals surface area contributed by atoms with Crippen molar-refractivity contribution in [2.24, 2.45) is 0 Å². The minimum atomic E-state index is -0.845. The van der Waals surface area contributed by atoms with Crippen LogP contribution < -0.4 is 11.1 Å². The zero-order valence-corrected chi connectivity index (χ0v) is 12.2. The molecule has 0 aromatic heterocycles. The molecule has 5 heteroatoms. The third-order valence-corrected chi connectivity index (χ3v) is 3.17. The maximum atomic E-state index is 11.9. The fraction of sp³-hybridized carbons (Fsp3) is 0.467. The first-order chi connectivity index (χ1) is 9.49. The summed E-state index contributed by atoms with van der Waals surface area (Å²) >= 11 is 0. The Balaban J connectivity index is 2.62. The number of hydrogen-bond acceptors (Lipinski definition) is 4. The van der Waals surface area contributed by atoms with Crippen molar-refractivity contribution in [2.45, 2.75) is 45.8 Å². The van der Waals surface area contributed by atoms with Crippen LogP contribution in [0.25, 0.3) is 0 Å². The third kappa shape index (κ3) is 4.26. The maximum Gasteiger partial charge on any atom is 0.341 e. The van der Waals surface area contributed by atoms with Crippen molar-refractivity contribution < 1.29 is 14.3 Å². The summed E-state index contributed by atoms with van der Waals surface area (Å²) in [7, 11) is 0. The molecule has 0 heterocycles. The topological polar surface area (TPSA) is 81.4 Å². The van der Waals surface area contributed by atoms with Crippen LogP contribution in [-0.2, 0) is 9.53 Å². The number of benzene rings is 1. The smallest absolute Gasteiger partial charge is 0.341 e. The van der Waals surface area contributed by atoms with Gasteiger partial charge in [-0.3, -0.25) is 4.79 Å². The minimum absolute atomic E-state index is 0.102. The molecule has 1 atom stereocenters. The van der Waals surface area contributed by atoms with Crippen LogP contribution in [0.3, 0.4) is 0 Å². The van der Waals surface area contributed by atoms with Crippen molar-refractivity contribution in [3.8, 4) is 0 Å². The number of carbonyl (C=O) groups is 2. The number of nitrogens with two attached hydrogens (primary N) is 1. The van der Waals surface area contributed by atoms with Gasteiger partial charge in [0.1, 0.15) is 0 Å². The molecule has 0 aliphatic carbocycles. The van der Waals surface area contributed by atoms with E-state index in [9.17, 15) is 9.59 Å². The fourth-order valence-electron chi connectivity index (χ4n) is 1.77. The summed E-state index contributed by atoms with van der Waals surface area (Å²) in [4.78, 5) is 23.8. The molecule has 0 radical (unpaired) electrons. The monoisotopic (exact) mass is 278 g/mol. The first kappa shape index (κ1) is 16.0. The van der Waals surface area contributed by atoms with Gasteiger partial charge in [0.05, 0.1) is 5.56 Å². The Labute approximate surface area is 119 Å². The van der Waals surface area contributed by atoms with E-state index in [1.807, 2.05) is 13.8 Å². The average Bonchev–Trinajstić information content (AvgIpc) is 2.44. The summed E-state index contributed by atoms with van der Waals surface area (Å²) < 4.78 is 5.14. The molecule has 0 saturated carbocycles. The predicted octanol–water partition coefficient (Wildman–Crippen LogP) is 2.12. The van der Waals surface area contributed by atoms with Crippen LogP contribution in [0.4, 0.5) is 5.69 Å². The zero-order valence-electron chi connectivity index (χ0n) is 12.2. The lowest BCUT2D eigenvalue weighted by Gasteiger charge is -2.19. The van der Waals surface area contributed by atoms with Gasteiger partial charge in [-0.05, 0) is 31.9 Å². The molecule has 1 amide bonds. The van der Waals surface area contributed by atoms with Crippen molar-refractivity contribution in [2.75, 3.05) is 5.73 Å². The molecule has 0 saturated heterocycles. The molecular formula is C15H22N2O3. The van der Waals surface area contributed by atoms with Gasteiger partial charge in [0, 0.05) is 11.7 Å². The van der Waals surface area contributed by atoms with Gasteiger partial charge >= 0.3 is 5.97 Å². The number of ether oxygens (including phenoxy) is 1. The van der Waals surface area contributed by atoms with Crippen molar-refractivity contribution >= 4 is 17.6 Å². The van der Waals surface area contributed by atoms with Crippen LogP contribution in [0.2, 0.25) is 0 Å². The normalized spacial score (nSPS) is 12.0. The molecular weight excluding hydrogens is 256 g/mol. The first-order valence-electron chi connectivity index (χ1n) is 6.85. The highest BCUT2D eigenvalue weighted by atomic mass is 16.5. The number of nitrogens with one attached hydrogen (secondary N) is 1. The predicted molar refractivity (Wildman–Crippen MR) is 78.2 cm³/mol. The Kier molecular flexibility index (Phi) is 6.03. The van der Waals surface area contributed by atoms with Crippen LogP contribution >= 0.6 is 0 Å². The number of para-hydroxylation sites is 1. The van der Waals surface area contributed by atoms with E-state index < -0.39 is 12.1 Å². The second kappa shape index (κ2) is 7.53. The summed E-state index contributed by atoms with van der Waals surface area (Å²) in [5.74, 6) is -0.878. The van der Waals surface area contributed by atoms with Gasteiger partial charge in [-0.25, -0.2) is 4.79 Å². The molecule has 1 rings (SSSR count). The minimum Gasteiger partial charge on any atom is -0.449 e. The van der Waals surface area contributed by atoms with E-state index in [1.54, 1.807) is 31.2 Å². The Morgan fingerprint density at radius 1 is 1.25 bits per heavy atom. The van der Waals surface area contributed by atoms with Gasteiger partial charge in [0.25, 0.3) is 5.91 Å². The summed E-state index contributed by atoms with van der Waals surface area (Å²) in [6.07, 6.45) is 0.839. The van der Waals surface area contributed by atoms with E-state index in [0.717, 1.165) is 12.8 Å². The molecule has 1 aromatic carbocycles. The molecule has 0 aliphatic heterocycles. The molecule has 20 heavy (non-hydrogen) atoms. The molecule has 3 N–H and O–H groups in total. The summed E-state index contributed by atoms with van der Waals surface area (Å²) in [6.45, 7) is 5.54. The van der Waals surface area contributed by atoms with Crippen molar-refractivity contribution in [3.63, 3.8) is 0 Å². The Hall–Kier alpha value is -2.04. The van der Waals surface area contributed by atoms with Gasteiger partial charge in [-0.15, -0.1) is 0 Å². The number of hydrogen-bond donors (Lipinski definition) is 2. The van der Waals surface area contributed by atoms with Crippen LogP contribution in [0, 0.1) is 0 Å². The maximum absolute atomic E-state index is 11.9. The van der Waals surface area contributed by atoms with Gasteiger partial charge in [-0.1, -0.05) is 26.0 Å². The number of esters is 1. The zero-order chi connectivity index (χ0) is 15.1. The fourth-order valence-corrected chi connectivity index (χ4v) is 1.77. The quantitative estimate of drug-likeness (QED) is 0.617. The molecule has 1 aromatic rings. The molecule has 0 fully saturated rings. The number of amides is 1. The molecule has 0 bridgehead atoms.